The second-order valence-corrected chi connectivity index (χ2v) is 6.65. The quantitative estimate of drug-likeness (QED) is 0.817. The number of carboxylic acid groups (broad SMARTS) is 1. The normalized spacial score (nSPS) is 33.4. The predicted octanol–water partition coefficient (Wildman–Crippen LogP) is 2.49. The lowest BCUT2D eigenvalue weighted by Gasteiger charge is -2.36. The van der Waals surface area contributed by atoms with Crippen LogP contribution in [0.4, 0.5) is 0 Å². The van der Waals surface area contributed by atoms with Crippen LogP contribution >= 0.6 is 0 Å². The molecule has 0 radical (unpaired) electrons. The van der Waals surface area contributed by atoms with Gasteiger partial charge in [-0.15, -0.1) is 0 Å². The van der Waals surface area contributed by atoms with E-state index in [2.05, 4.69) is 12.2 Å². The van der Waals surface area contributed by atoms with Crippen LogP contribution < -0.4 is 5.32 Å². The second-order valence-electron chi connectivity index (χ2n) is 6.65. The summed E-state index contributed by atoms with van der Waals surface area (Å²) in [5, 5.41) is 12.3. The highest BCUT2D eigenvalue weighted by molar-refractivity contribution is 5.87. The van der Waals surface area contributed by atoms with E-state index in [1.807, 2.05) is 0 Å². The molecule has 1 saturated carbocycles. The lowest BCUT2D eigenvalue weighted by atomic mass is 9.77. The fourth-order valence-corrected chi connectivity index (χ4v) is 3.30. The Hall–Kier alpha value is -1.10. The van der Waals surface area contributed by atoms with Crippen LogP contribution in [0.1, 0.15) is 64.7 Å². The van der Waals surface area contributed by atoms with Crippen LogP contribution in [0.2, 0.25) is 0 Å². The van der Waals surface area contributed by atoms with E-state index in [1.54, 1.807) is 0 Å². The molecule has 0 aromatic carbocycles. The molecule has 1 aliphatic heterocycles. The number of hydrogen-bond donors (Lipinski definition) is 2. The van der Waals surface area contributed by atoms with Crippen molar-refractivity contribution in [3.8, 4) is 0 Å². The fourth-order valence-electron chi connectivity index (χ4n) is 3.30. The van der Waals surface area contributed by atoms with E-state index in [4.69, 9.17) is 4.74 Å². The van der Waals surface area contributed by atoms with E-state index in [9.17, 15) is 14.7 Å². The predicted molar refractivity (Wildman–Crippen MR) is 79.0 cm³/mol. The molecule has 5 nitrogen and oxygen atoms in total. The van der Waals surface area contributed by atoms with Crippen LogP contribution in [0.3, 0.4) is 0 Å². The van der Waals surface area contributed by atoms with E-state index >= 15 is 0 Å². The molecule has 1 atom stereocenters. The maximum absolute atomic E-state index is 12.1. The average molecular weight is 297 g/mol. The summed E-state index contributed by atoms with van der Waals surface area (Å²) in [7, 11) is 0. The van der Waals surface area contributed by atoms with Gasteiger partial charge < -0.3 is 15.2 Å². The Labute approximate surface area is 126 Å². The van der Waals surface area contributed by atoms with Gasteiger partial charge in [0.25, 0.3) is 0 Å². The molecule has 1 saturated heterocycles. The Morgan fingerprint density at radius 1 is 1.24 bits per heavy atom. The molecule has 2 fully saturated rings. The van der Waals surface area contributed by atoms with Crippen molar-refractivity contribution < 1.29 is 19.4 Å². The van der Waals surface area contributed by atoms with Crippen LogP contribution in [0.5, 0.6) is 0 Å². The van der Waals surface area contributed by atoms with Crippen molar-refractivity contribution in [2.75, 3.05) is 6.61 Å². The molecule has 5 heteroatoms. The number of carbonyl (C=O) groups is 2. The monoisotopic (exact) mass is 297 g/mol. The van der Waals surface area contributed by atoms with Gasteiger partial charge in [-0.25, -0.2) is 4.79 Å². The molecular weight excluding hydrogens is 270 g/mol. The van der Waals surface area contributed by atoms with Crippen LogP contribution in [0.25, 0.3) is 0 Å². The summed E-state index contributed by atoms with van der Waals surface area (Å²) in [6.07, 6.45) is 7.27. The molecule has 21 heavy (non-hydrogen) atoms. The first-order valence-electron chi connectivity index (χ1n) is 8.18. The van der Waals surface area contributed by atoms with Crippen LogP contribution in [-0.2, 0) is 14.3 Å². The molecule has 0 bridgehead atoms. The standard InChI is InChI=1S/C16H27NO4/c1-12-7-9-16(10-8-12,15(19)20)17-14(18)6-5-13-4-2-3-11-21-13/h12-13H,2-11H2,1H3,(H,17,18)(H,19,20). The number of amides is 1. The summed E-state index contributed by atoms with van der Waals surface area (Å²) in [5.41, 5.74) is -1.04. The van der Waals surface area contributed by atoms with Gasteiger partial charge in [-0.2, -0.15) is 0 Å². The van der Waals surface area contributed by atoms with Gasteiger partial charge in [0.15, 0.2) is 0 Å². The van der Waals surface area contributed by atoms with Crippen molar-refractivity contribution >= 4 is 11.9 Å². The summed E-state index contributed by atoms with van der Waals surface area (Å²) in [5.74, 6) is -0.497. The van der Waals surface area contributed by atoms with Crippen molar-refractivity contribution in [1.29, 1.82) is 0 Å². The Balaban J connectivity index is 1.82. The number of aliphatic carboxylic acids is 1. The minimum Gasteiger partial charge on any atom is -0.480 e. The number of carbonyl (C=O) groups excluding carboxylic acids is 1. The minimum absolute atomic E-state index is 0.152. The summed E-state index contributed by atoms with van der Waals surface area (Å²) in [6.45, 7) is 2.91. The van der Waals surface area contributed by atoms with Gasteiger partial charge in [-0.3, -0.25) is 4.79 Å². The molecule has 1 amide bonds. The lowest BCUT2D eigenvalue weighted by Crippen LogP contribution is -2.56. The van der Waals surface area contributed by atoms with Gasteiger partial charge in [-0.1, -0.05) is 6.92 Å². The highest BCUT2D eigenvalue weighted by Gasteiger charge is 2.42. The van der Waals surface area contributed by atoms with Gasteiger partial charge >= 0.3 is 5.97 Å². The zero-order chi connectivity index (χ0) is 15.3. The highest BCUT2D eigenvalue weighted by atomic mass is 16.5. The Kier molecular flexibility index (Phi) is 5.62. The number of carboxylic acids is 1. The van der Waals surface area contributed by atoms with Crippen LogP contribution in [0, 0.1) is 5.92 Å². The van der Waals surface area contributed by atoms with Crippen molar-refractivity contribution in [1.82, 2.24) is 5.32 Å². The second kappa shape index (κ2) is 7.25. The number of rotatable bonds is 5. The SMILES string of the molecule is CC1CCC(NC(=O)CCC2CCCCO2)(C(=O)O)CC1. The van der Waals surface area contributed by atoms with E-state index in [0.29, 0.717) is 31.6 Å². The molecule has 1 aliphatic carbocycles. The minimum atomic E-state index is -1.04. The molecular formula is C16H27NO4. The largest absolute Gasteiger partial charge is 0.480 e. The van der Waals surface area contributed by atoms with E-state index in [1.165, 1.54) is 0 Å². The van der Waals surface area contributed by atoms with Gasteiger partial charge in [0.2, 0.25) is 5.91 Å². The van der Waals surface area contributed by atoms with Crippen LogP contribution in [-0.4, -0.2) is 35.2 Å². The summed E-state index contributed by atoms with van der Waals surface area (Å²) < 4.78 is 5.61. The lowest BCUT2D eigenvalue weighted by molar-refractivity contribution is -0.149. The smallest absolute Gasteiger partial charge is 0.329 e. The fraction of sp³-hybridized carbons (Fsp3) is 0.875. The maximum atomic E-state index is 12.1. The molecule has 0 spiro atoms. The number of hydrogen-bond acceptors (Lipinski definition) is 3. The van der Waals surface area contributed by atoms with Gasteiger partial charge in [0, 0.05) is 13.0 Å². The topological polar surface area (TPSA) is 75.6 Å². The first kappa shape index (κ1) is 16.3. The third kappa shape index (κ3) is 4.43. The zero-order valence-corrected chi connectivity index (χ0v) is 12.9. The Bertz CT molecular complexity index is 368. The molecule has 1 heterocycles. The van der Waals surface area contributed by atoms with Gasteiger partial charge in [-0.05, 0) is 57.3 Å². The summed E-state index contributed by atoms with van der Waals surface area (Å²) in [4.78, 5) is 23.7. The third-order valence-corrected chi connectivity index (χ3v) is 4.88. The first-order chi connectivity index (χ1) is 10.0. The Morgan fingerprint density at radius 3 is 2.52 bits per heavy atom. The third-order valence-electron chi connectivity index (χ3n) is 4.88. The molecule has 1 unspecified atom stereocenters. The van der Waals surface area contributed by atoms with Crippen molar-refractivity contribution in [3.63, 3.8) is 0 Å². The summed E-state index contributed by atoms with van der Waals surface area (Å²) in [6, 6.07) is 0. The van der Waals surface area contributed by atoms with Crippen LogP contribution in [0.15, 0.2) is 0 Å². The first-order valence-corrected chi connectivity index (χ1v) is 8.18. The van der Waals surface area contributed by atoms with Crippen molar-refractivity contribution in [2.24, 2.45) is 5.92 Å². The number of nitrogens with one attached hydrogen (secondary N) is 1. The Morgan fingerprint density at radius 2 is 1.95 bits per heavy atom. The van der Waals surface area contributed by atoms with E-state index in [0.717, 1.165) is 38.7 Å². The number of ether oxygens (including phenoxy) is 1. The molecule has 0 aromatic heterocycles. The average Bonchev–Trinajstić information content (AvgIpc) is 2.48. The van der Waals surface area contributed by atoms with Crippen molar-refractivity contribution in [3.05, 3.63) is 0 Å². The van der Waals surface area contributed by atoms with E-state index in [-0.39, 0.29) is 12.0 Å². The van der Waals surface area contributed by atoms with Gasteiger partial charge in [0.05, 0.1) is 6.10 Å². The van der Waals surface area contributed by atoms with Gasteiger partial charge in [0.1, 0.15) is 5.54 Å². The maximum Gasteiger partial charge on any atom is 0.329 e. The molecule has 2 N–H and O–H groups in total. The molecule has 2 rings (SSSR count). The molecule has 0 aromatic rings. The molecule has 2 aliphatic rings. The zero-order valence-electron chi connectivity index (χ0n) is 12.9. The highest BCUT2D eigenvalue weighted by Crippen LogP contribution is 2.32. The van der Waals surface area contributed by atoms with E-state index < -0.39 is 11.5 Å². The molecule has 120 valence electrons. The van der Waals surface area contributed by atoms with Crippen molar-refractivity contribution in [2.45, 2.75) is 76.4 Å². The summed E-state index contributed by atoms with van der Waals surface area (Å²) >= 11 is 0.